The van der Waals surface area contributed by atoms with Crippen molar-refractivity contribution in [3.63, 3.8) is 0 Å². The van der Waals surface area contributed by atoms with Gasteiger partial charge in [-0.25, -0.2) is 0 Å². The molecule has 0 aliphatic heterocycles. The van der Waals surface area contributed by atoms with Gasteiger partial charge in [0.1, 0.15) is 5.75 Å². The largest absolute Gasteiger partial charge is 0.497 e. The van der Waals surface area contributed by atoms with Crippen LogP contribution in [0.5, 0.6) is 5.75 Å². The van der Waals surface area contributed by atoms with Gasteiger partial charge in [0.15, 0.2) is 8.32 Å². The second kappa shape index (κ2) is 9.69. The summed E-state index contributed by atoms with van der Waals surface area (Å²) < 4.78 is 17.3. The van der Waals surface area contributed by atoms with Crippen molar-refractivity contribution < 1.29 is 24.1 Å². The van der Waals surface area contributed by atoms with Crippen LogP contribution in [0.3, 0.4) is 0 Å². The van der Waals surface area contributed by atoms with Gasteiger partial charge in [-0.1, -0.05) is 32.9 Å². The lowest BCUT2D eigenvalue weighted by atomic mass is 10.2. The lowest BCUT2D eigenvalue weighted by molar-refractivity contribution is -0.00512. The van der Waals surface area contributed by atoms with Crippen LogP contribution in [-0.4, -0.2) is 51.1 Å². The minimum Gasteiger partial charge on any atom is -0.497 e. The number of methoxy groups -OCH3 is 1. The van der Waals surface area contributed by atoms with Gasteiger partial charge >= 0.3 is 0 Å². The topological polar surface area (TPSA) is 68.2 Å². The molecular weight excluding hydrogens is 336 g/mol. The Kier molecular flexibility index (Phi) is 8.57. The maximum Gasteiger partial charge on any atom is 0.192 e. The Labute approximate surface area is 153 Å². The maximum atomic E-state index is 9.82. The third-order valence-corrected chi connectivity index (χ3v) is 9.28. The van der Waals surface area contributed by atoms with E-state index in [1.165, 1.54) is 0 Å². The lowest BCUT2D eigenvalue weighted by Crippen LogP contribution is -2.46. The summed E-state index contributed by atoms with van der Waals surface area (Å²) in [6.45, 7) is 11.5. The Bertz CT molecular complexity index is 496. The van der Waals surface area contributed by atoms with Crippen LogP contribution in [-0.2, 0) is 15.8 Å². The van der Waals surface area contributed by atoms with E-state index in [2.05, 4.69) is 33.9 Å². The molecule has 0 saturated heterocycles. The van der Waals surface area contributed by atoms with E-state index in [0.717, 1.165) is 11.3 Å². The number of benzene rings is 1. The van der Waals surface area contributed by atoms with Crippen LogP contribution in [0.25, 0.3) is 0 Å². The molecule has 1 aromatic carbocycles. The zero-order valence-electron chi connectivity index (χ0n) is 16.4. The van der Waals surface area contributed by atoms with Crippen molar-refractivity contribution in [2.75, 3.05) is 20.3 Å². The Hall–Kier alpha value is -0.923. The molecule has 0 heterocycles. The van der Waals surface area contributed by atoms with Gasteiger partial charge in [-0.3, -0.25) is 0 Å². The Morgan fingerprint density at radius 2 is 1.72 bits per heavy atom. The van der Waals surface area contributed by atoms with Gasteiger partial charge in [-0.2, -0.15) is 0 Å². The predicted molar refractivity (Wildman–Crippen MR) is 102 cm³/mol. The van der Waals surface area contributed by atoms with Crippen LogP contribution in [0.15, 0.2) is 24.3 Å². The molecule has 0 aromatic heterocycles. The Balaban J connectivity index is 2.63. The molecule has 0 unspecified atom stereocenters. The summed E-state index contributed by atoms with van der Waals surface area (Å²) in [6.07, 6.45) is -0.660. The first kappa shape index (κ1) is 22.1. The molecule has 0 radical (unpaired) electrons. The van der Waals surface area contributed by atoms with Crippen molar-refractivity contribution in [3.8, 4) is 5.75 Å². The van der Waals surface area contributed by atoms with Crippen molar-refractivity contribution in [2.45, 2.75) is 64.1 Å². The molecule has 1 rings (SSSR count). The summed E-state index contributed by atoms with van der Waals surface area (Å²) >= 11 is 0. The van der Waals surface area contributed by atoms with Gasteiger partial charge in [0.25, 0.3) is 0 Å². The number of hydrogen-bond donors (Lipinski definition) is 2. The molecule has 2 atom stereocenters. The number of rotatable bonds is 10. The van der Waals surface area contributed by atoms with Crippen LogP contribution in [0, 0.1) is 0 Å². The summed E-state index contributed by atoms with van der Waals surface area (Å²) in [5.74, 6) is 0.814. The zero-order valence-corrected chi connectivity index (χ0v) is 17.4. The molecule has 144 valence electrons. The summed E-state index contributed by atoms with van der Waals surface area (Å²) in [5.41, 5.74) is 1.05. The van der Waals surface area contributed by atoms with E-state index in [0.29, 0.717) is 19.6 Å². The average molecular weight is 371 g/mol. The molecule has 0 saturated carbocycles. The maximum absolute atomic E-state index is 9.82. The number of ether oxygens (including phenoxy) is 2. The SMILES string of the molecule is COc1ccc(COC[C@H](C[C@@H](O)CO)O[Si](C)(C)C(C)(C)C)cc1. The van der Waals surface area contributed by atoms with Crippen molar-refractivity contribution in [3.05, 3.63) is 29.8 Å². The van der Waals surface area contributed by atoms with Crippen LogP contribution in [0.4, 0.5) is 0 Å². The standard InChI is InChI=1S/C19H34O5Si/c1-19(2,3)25(5,6)24-18(11-16(21)12-20)14-23-13-15-7-9-17(22-4)10-8-15/h7-10,16,18,20-21H,11-14H2,1-6H3/t16-,18+/m1/s1. The minimum absolute atomic E-state index is 0.0748. The number of aliphatic hydroxyl groups excluding tert-OH is 2. The molecule has 25 heavy (non-hydrogen) atoms. The summed E-state index contributed by atoms with van der Waals surface area (Å²) in [7, 11) is -0.339. The van der Waals surface area contributed by atoms with Crippen LogP contribution >= 0.6 is 0 Å². The van der Waals surface area contributed by atoms with Crippen molar-refractivity contribution >= 4 is 8.32 Å². The van der Waals surface area contributed by atoms with E-state index < -0.39 is 14.4 Å². The minimum atomic E-state index is -1.98. The molecule has 0 amide bonds. The highest BCUT2D eigenvalue weighted by Crippen LogP contribution is 2.37. The molecule has 6 heteroatoms. The monoisotopic (exact) mass is 370 g/mol. The highest BCUT2D eigenvalue weighted by Gasteiger charge is 2.39. The van der Waals surface area contributed by atoms with E-state index in [1.807, 2.05) is 24.3 Å². The molecule has 0 aliphatic rings. The van der Waals surface area contributed by atoms with Crippen LogP contribution in [0.2, 0.25) is 18.1 Å². The van der Waals surface area contributed by atoms with Gasteiger partial charge in [0.2, 0.25) is 0 Å². The molecule has 1 aromatic rings. The first-order valence-corrected chi connectivity index (χ1v) is 11.7. The van der Waals surface area contributed by atoms with E-state index in [9.17, 15) is 5.11 Å². The molecule has 0 spiro atoms. The first-order valence-electron chi connectivity index (χ1n) is 8.76. The fourth-order valence-corrected chi connectivity index (χ4v) is 3.50. The molecular formula is C19H34O5Si. The molecule has 2 N–H and O–H groups in total. The third kappa shape index (κ3) is 7.46. The third-order valence-electron chi connectivity index (χ3n) is 4.74. The van der Waals surface area contributed by atoms with Crippen molar-refractivity contribution in [2.24, 2.45) is 0 Å². The fraction of sp³-hybridized carbons (Fsp3) is 0.684. The van der Waals surface area contributed by atoms with Gasteiger partial charge in [-0.05, 0) is 35.8 Å². The average Bonchev–Trinajstić information content (AvgIpc) is 2.53. The first-order chi connectivity index (χ1) is 11.6. The summed E-state index contributed by atoms with van der Waals surface area (Å²) in [6, 6.07) is 7.73. The highest BCUT2D eigenvalue weighted by molar-refractivity contribution is 6.74. The van der Waals surface area contributed by atoms with E-state index in [-0.39, 0.29) is 17.7 Å². The van der Waals surface area contributed by atoms with Gasteiger partial charge in [0, 0.05) is 6.42 Å². The summed E-state index contributed by atoms with van der Waals surface area (Å²) in [5, 5.41) is 19.0. The molecule has 0 bridgehead atoms. The van der Waals surface area contributed by atoms with Crippen molar-refractivity contribution in [1.82, 2.24) is 0 Å². The van der Waals surface area contributed by atoms with Gasteiger partial charge in [-0.15, -0.1) is 0 Å². The second-order valence-corrected chi connectivity index (χ2v) is 12.7. The Morgan fingerprint density at radius 3 is 2.20 bits per heavy atom. The predicted octanol–water partition coefficient (Wildman–Crippen LogP) is 3.35. The van der Waals surface area contributed by atoms with E-state index in [1.54, 1.807) is 7.11 Å². The van der Waals surface area contributed by atoms with Crippen LogP contribution < -0.4 is 4.74 Å². The van der Waals surface area contributed by atoms with Crippen molar-refractivity contribution in [1.29, 1.82) is 0 Å². The molecule has 0 fully saturated rings. The van der Waals surface area contributed by atoms with Crippen LogP contribution in [0.1, 0.15) is 32.8 Å². The normalized spacial score (nSPS) is 15.0. The lowest BCUT2D eigenvalue weighted by Gasteiger charge is -2.39. The second-order valence-electron chi connectivity index (χ2n) is 7.94. The number of hydrogen-bond acceptors (Lipinski definition) is 5. The van der Waals surface area contributed by atoms with Gasteiger partial charge < -0.3 is 24.1 Å². The number of aliphatic hydroxyl groups is 2. The van der Waals surface area contributed by atoms with Gasteiger partial charge in [0.05, 0.1) is 39.1 Å². The Morgan fingerprint density at radius 1 is 1.12 bits per heavy atom. The smallest absolute Gasteiger partial charge is 0.192 e. The molecule has 0 aliphatic carbocycles. The molecule has 5 nitrogen and oxygen atoms in total. The summed E-state index contributed by atoms with van der Waals surface area (Å²) in [4.78, 5) is 0. The zero-order chi connectivity index (χ0) is 19.1. The van der Waals surface area contributed by atoms with E-state index >= 15 is 0 Å². The highest BCUT2D eigenvalue weighted by atomic mass is 28.4. The van der Waals surface area contributed by atoms with E-state index in [4.69, 9.17) is 19.0 Å². The quantitative estimate of drug-likeness (QED) is 0.618. The fourth-order valence-electron chi connectivity index (χ4n) is 2.15.